The zero-order chi connectivity index (χ0) is 14.7. The molecule has 1 aromatic heterocycles. The van der Waals surface area contributed by atoms with Gasteiger partial charge in [0.2, 0.25) is 0 Å². The number of halogens is 3. The quantitative estimate of drug-likeness (QED) is 0.937. The summed E-state index contributed by atoms with van der Waals surface area (Å²) in [4.78, 5) is 14.7. The highest BCUT2D eigenvalue weighted by atomic mass is 19.1. The second-order valence-electron chi connectivity index (χ2n) is 4.21. The van der Waals surface area contributed by atoms with Gasteiger partial charge in [0.15, 0.2) is 0 Å². The third-order valence-electron chi connectivity index (χ3n) is 2.85. The summed E-state index contributed by atoms with van der Waals surface area (Å²) in [5.74, 6) is -5.28. The molecule has 0 radical (unpaired) electrons. The molecule has 1 aromatic carbocycles. The van der Waals surface area contributed by atoms with Gasteiger partial charge in [-0.3, -0.25) is 9.78 Å². The standard InChI is InChI=1S/C14H10F3NO2/c15-9-6-12(17)13(18-7-9)10(14(19)20)5-8-3-1-2-4-11(8)16/h1-4,6-7,10H,5H2,(H,19,20). The van der Waals surface area contributed by atoms with Gasteiger partial charge >= 0.3 is 5.97 Å². The number of benzene rings is 1. The molecule has 1 N–H and O–H groups in total. The Morgan fingerprint density at radius 2 is 1.90 bits per heavy atom. The van der Waals surface area contributed by atoms with E-state index in [9.17, 15) is 18.0 Å². The van der Waals surface area contributed by atoms with E-state index in [4.69, 9.17) is 5.11 Å². The monoisotopic (exact) mass is 281 g/mol. The minimum Gasteiger partial charge on any atom is -0.481 e. The third-order valence-corrected chi connectivity index (χ3v) is 2.85. The Morgan fingerprint density at radius 3 is 2.50 bits per heavy atom. The van der Waals surface area contributed by atoms with Crippen LogP contribution in [0.15, 0.2) is 36.5 Å². The summed E-state index contributed by atoms with van der Waals surface area (Å²) in [6.07, 6.45) is 0.466. The number of hydrogen-bond acceptors (Lipinski definition) is 2. The summed E-state index contributed by atoms with van der Waals surface area (Å²) in [6, 6.07) is 6.16. The molecule has 0 bridgehead atoms. The Hall–Kier alpha value is -2.37. The summed E-state index contributed by atoms with van der Waals surface area (Å²) >= 11 is 0. The van der Waals surface area contributed by atoms with Crippen molar-refractivity contribution in [3.05, 3.63) is 65.2 Å². The van der Waals surface area contributed by atoms with Crippen LogP contribution in [0.5, 0.6) is 0 Å². The number of carbonyl (C=O) groups is 1. The topological polar surface area (TPSA) is 50.2 Å². The first-order valence-corrected chi connectivity index (χ1v) is 5.76. The molecule has 2 rings (SSSR count). The molecule has 2 aromatic rings. The Labute approximate surface area is 112 Å². The van der Waals surface area contributed by atoms with Crippen molar-refractivity contribution in [1.82, 2.24) is 4.98 Å². The smallest absolute Gasteiger partial charge is 0.313 e. The first-order chi connectivity index (χ1) is 9.49. The summed E-state index contributed by atoms with van der Waals surface area (Å²) in [5, 5.41) is 9.15. The maximum absolute atomic E-state index is 13.6. The molecule has 0 fully saturated rings. The fourth-order valence-electron chi connectivity index (χ4n) is 1.87. The Kier molecular flexibility index (Phi) is 4.02. The second-order valence-corrected chi connectivity index (χ2v) is 4.21. The molecule has 0 saturated heterocycles. The Balaban J connectivity index is 2.37. The lowest BCUT2D eigenvalue weighted by Gasteiger charge is -2.13. The molecule has 0 saturated carbocycles. The molecule has 0 aliphatic carbocycles. The molecule has 6 heteroatoms. The molecule has 0 aliphatic heterocycles. The lowest BCUT2D eigenvalue weighted by atomic mass is 9.95. The molecule has 104 valence electrons. The summed E-state index contributed by atoms with van der Waals surface area (Å²) in [6.45, 7) is 0. The van der Waals surface area contributed by atoms with Crippen LogP contribution in [-0.2, 0) is 11.2 Å². The highest BCUT2D eigenvalue weighted by molar-refractivity contribution is 5.76. The van der Waals surface area contributed by atoms with E-state index in [1.165, 1.54) is 18.2 Å². The van der Waals surface area contributed by atoms with Crippen molar-refractivity contribution in [2.24, 2.45) is 0 Å². The fourth-order valence-corrected chi connectivity index (χ4v) is 1.87. The minimum absolute atomic E-state index is 0.130. The lowest BCUT2D eigenvalue weighted by molar-refractivity contribution is -0.139. The number of aromatic nitrogens is 1. The van der Waals surface area contributed by atoms with Crippen LogP contribution in [0.25, 0.3) is 0 Å². The number of carboxylic acids is 1. The normalized spacial score (nSPS) is 12.2. The van der Waals surface area contributed by atoms with Crippen LogP contribution < -0.4 is 0 Å². The molecular formula is C14H10F3NO2. The van der Waals surface area contributed by atoms with Crippen molar-refractivity contribution in [3.8, 4) is 0 Å². The van der Waals surface area contributed by atoms with Crippen LogP contribution in [0.4, 0.5) is 13.2 Å². The van der Waals surface area contributed by atoms with E-state index in [0.29, 0.717) is 6.07 Å². The zero-order valence-corrected chi connectivity index (χ0v) is 10.2. The van der Waals surface area contributed by atoms with Gasteiger partial charge in [0, 0.05) is 6.07 Å². The molecule has 1 atom stereocenters. The predicted octanol–water partition coefficient (Wildman–Crippen LogP) is 2.91. The molecule has 1 heterocycles. The van der Waals surface area contributed by atoms with Gasteiger partial charge in [-0.05, 0) is 18.1 Å². The predicted molar refractivity (Wildman–Crippen MR) is 64.6 cm³/mol. The van der Waals surface area contributed by atoms with Crippen molar-refractivity contribution < 1.29 is 23.1 Å². The van der Waals surface area contributed by atoms with E-state index >= 15 is 0 Å². The maximum atomic E-state index is 13.6. The number of hydrogen-bond donors (Lipinski definition) is 1. The molecule has 1 unspecified atom stereocenters. The summed E-state index contributed by atoms with van der Waals surface area (Å²) in [7, 11) is 0. The maximum Gasteiger partial charge on any atom is 0.313 e. The van der Waals surface area contributed by atoms with Gasteiger partial charge in [-0.2, -0.15) is 0 Å². The molecule has 20 heavy (non-hydrogen) atoms. The van der Waals surface area contributed by atoms with Gasteiger partial charge in [-0.15, -0.1) is 0 Å². The molecule has 0 aliphatic rings. The average molecular weight is 281 g/mol. The average Bonchev–Trinajstić information content (AvgIpc) is 2.38. The number of nitrogens with zero attached hydrogens (tertiary/aromatic N) is 1. The van der Waals surface area contributed by atoms with Crippen LogP contribution in [0.2, 0.25) is 0 Å². The fraction of sp³-hybridized carbons (Fsp3) is 0.143. The zero-order valence-electron chi connectivity index (χ0n) is 10.2. The SMILES string of the molecule is O=C(O)C(Cc1ccccc1F)c1ncc(F)cc1F. The number of pyridine rings is 1. The van der Waals surface area contributed by atoms with E-state index in [2.05, 4.69) is 4.98 Å². The van der Waals surface area contributed by atoms with Crippen molar-refractivity contribution >= 4 is 5.97 Å². The molecular weight excluding hydrogens is 271 g/mol. The van der Waals surface area contributed by atoms with E-state index in [0.717, 1.165) is 6.20 Å². The van der Waals surface area contributed by atoms with Crippen LogP contribution in [0, 0.1) is 17.5 Å². The van der Waals surface area contributed by atoms with Crippen molar-refractivity contribution in [2.75, 3.05) is 0 Å². The largest absolute Gasteiger partial charge is 0.481 e. The molecule has 0 spiro atoms. The minimum atomic E-state index is -1.38. The van der Waals surface area contributed by atoms with Gasteiger partial charge in [-0.1, -0.05) is 18.2 Å². The van der Waals surface area contributed by atoms with Gasteiger partial charge < -0.3 is 5.11 Å². The van der Waals surface area contributed by atoms with Crippen molar-refractivity contribution in [2.45, 2.75) is 12.3 Å². The molecule has 3 nitrogen and oxygen atoms in total. The molecule has 0 amide bonds. The van der Waals surface area contributed by atoms with Gasteiger partial charge in [-0.25, -0.2) is 13.2 Å². The number of rotatable bonds is 4. The van der Waals surface area contributed by atoms with Gasteiger partial charge in [0.25, 0.3) is 0 Å². The Morgan fingerprint density at radius 1 is 1.20 bits per heavy atom. The van der Waals surface area contributed by atoms with Gasteiger partial charge in [0.1, 0.15) is 23.4 Å². The van der Waals surface area contributed by atoms with E-state index in [-0.39, 0.29) is 12.0 Å². The first kappa shape index (κ1) is 14.0. The van der Waals surface area contributed by atoms with Crippen LogP contribution >= 0.6 is 0 Å². The van der Waals surface area contributed by atoms with E-state index in [1.54, 1.807) is 6.07 Å². The number of carboxylic acid groups (broad SMARTS) is 1. The second kappa shape index (κ2) is 5.73. The van der Waals surface area contributed by atoms with Crippen LogP contribution in [0.1, 0.15) is 17.2 Å². The van der Waals surface area contributed by atoms with E-state index < -0.39 is 35.0 Å². The number of aliphatic carboxylic acids is 1. The van der Waals surface area contributed by atoms with Crippen molar-refractivity contribution in [3.63, 3.8) is 0 Å². The first-order valence-electron chi connectivity index (χ1n) is 5.76. The highest BCUT2D eigenvalue weighted by Gasteiger charge is 2.26. The van der Waals surface area contributed by atoms with Crippen LogP contribution in [0.3, 0.4) is 0 Å². The van der Waals surface area contributed by atoms with Crippen LogP contribution in [-0.4, -0.2) is 16.1 Å². The van der Waals surface area contributed by atoms with Crippen molar-refractivity contribution in [1.29, 1.82) is 0 Å². The van der Waals surface area contributed by atoms with E-state index in [1.807, 2.05) is 0 Å². The highest BCUT2D eigenvalue weighted by Crippen LogP contribution is 2.23. The van der Waals surface area contributed by atoms with Gasteiger partial charge in [0.05, 0.1) is 11.9 Å². The summed E-state index contributed by atoms with van der Waals surface area (Å²) in [5.41, 5.74) is -0.285. The Bertz CT molecular complexity index is 646. The lowest BCUT2D eigenvalue weighted by Crippen LogP contribution is -2.18. The summed E-state index contributed by atoms with van der Waals surface area (Å²) < 4.78 is 39.9. The third kappa shape index (κ3) is 2.96.